The molecule has 1 aromatic carbocycles. The van der Waals surface area contributed by atoms with Crippen molar-refractivity contribution in [1.29, 1.82) is 0 Å². The van der Waals surface area contributed by atoms with Gasteiger partial charge in [0.05, 0.1) is 23.2 Å². The van der Waals surface area contributed by atoms with Crippen molar-refractivity contribution in [3.8, 4) is 0 Å². The molecule has 82 valence electrons. The third kappa shape index (κ3) is 1.77. The average molecular weight is 216 g/mol. The first-order chi connectivity index (χ1) is 7.70. The van der Waals surface area contributed by atoms with E-state index in [0.717, 1.165) is 0 Å². The molecule has 0 atom stereocenters. The Morgan fingerprint density at radius 1 is 1.31 bits per heavy atom. The fourth-order valence-corrected chi connectivity index (χ4v) is 1.48. The molecule has 0 aliphatic heterocycles. The molecule has 0 unspecified atom stereocenters. The van der Waals surface area contributed by atoms with Crippen molar-refractivity contribution in [2.45, 2.75) is 0 Å². The highest BCUT2D eigenvalue weighted by molar-refractivity contribution is 6.06. The minimum atomic E-state index is -0.147. The van der Waals surface area contributed by atoms with Gasteiger partial charge in [-0.15, -0.1) is 0 Å². The third-order valence-electron chi connectivity index (χ3n) is 2.37. The Bertz CT molecular complexity index is 491. The zero-order valence-corrected chi connectivity index (χ0v) is 8.88. The van der Waals surface area contributed by atoms with Crippen LogP contribution in [0.1, 0.15) is 10.4 Å². The second-order valence-electron chi connectivity index (χ2n) is 3.44. The molecule has 0 saturated carbocycles. The highest BCUT2D eigenvalue weighted by atomic mass is 16.3. The van der Waals surface area contributed by atoms with Crippen molar-refractivity contribution in [2.24, 2.45) is 0 Å². The summed E-state index contributed by atoms with van der Waals surface area (Å²) in [5.74, 6) is -0.147. The Hall–Kier alpha value is -2.23. The molecule has 0 saturated heterocycles. The normalized spacial score (nSPS) is 10.1. The summed E-state index contributed by atoms with van der Waals surface area (Å²) in [5.41, 5.74) is 7.56. The van der Waals surface area contributed by atoms with Crippen LogP contribution in [0.2, 0.25) is 0 Å². The van der Waals surface area contributed by atoms with Gasteiger partial charge in [-0.2, -0.15) is 0 Å². The van der Waals surface area contributed by atoms with Gasteiger partial charge in [-0.25, -0.2) is 0 Å². The Balaban J connectivity index is 2.30. The predicted molar refractivity (Wildman–Crippen MR) is 62.3 cm³/mol. The third-order valence-corrected chi connectivity index (χ3v) is 2.37. The topological polar surface area (TPSA) is 59.5 Å². The lowest BCUT2D eigenvalue weighted by atomic mass is 10.2. The van der Waals surface area contributed by atoms with Gasteiger partial charge < -0.3 is 15.1 Å². The zero-order valence-electron chi connectivity index (χ0n) is 8.88. The number of rotatable bonds is 2. The SMILES string of the molecule is CN(C(=O)c1ccoc1)c1ccccc1N. The van der Waals surface area contributed by atoms with Gasteiger partial charge in [0.2, 0.25) is 0 Å². The Kier molecular flexibility index (Phi) is 2.64. The molecule has 0 aliphatic rings. The van der Waals surface area contributed by atoms with Gasteiger partial charge >= 0.3 is 0 Å². The first-order valence-electron chi connectivity index (χ1n) is 4.85. The minimum absolute atomic E-state index is 0.147. The van der Waals surface area contributed by atoms with Crippen molar-refractivity contribution in [3.63, 3.8) is 0 Å². The van der Waals surface area contributed by atoms with Crippen LogP contribution in [0.4, 0.5) is 11.4 Å². The number of anilines is 2. The van der Waals surface area contributed by atoms with Crippen LogP contribution < -0.4 is 10.6 Å². The second kappa shape index (κ2) is 4.10. The van der Waals surface area contributed by atoms with Gasteiger partial charge in [-0.3, -0.25) is 4.79 Å². The number of nitrogen functional groups attached to an aromatic ring is 1. The first kappa shape index (κ1) is 10.3. The number of nitrogens with two attached hydrogens (primary N) is 1. The zero-order chi connectivity index (χ0) is 11.5. The summed E-state index contributed by atoms with van der Waals surface area (Å²) in [6.45, 7) is 0. The van der Waals surface area contributed by atoms with Gasteiger partial charge in [-0.1, -0.05) is 12.1 Å². The van der Waals surface area contributed by atoms with Crippen LogP contribution in [0.25, 0.3) is 0 Å². The molecule has 4 heteroatoms. The summed E-state index contributed by atoms with van der Waals surface area (Å²) < 4.78 is 4.87. The van der Waals surface area contributed by atoms with Gasteiger partial charge in [0.15, 0.2) is 0 Å². The van der Waals surface area contributed by atoms with E-state index in [9.17, 15) is 4.79 Å². The van der Waals surface area contributed by atoms with Crippen molar-refractivity contribution >= 4 is 17.3 Å². The van der Waals surface area contributed by atoms with E-state index in [1.54, 1.807) is 25.2 Å². The fraction of sp³-hybridized carbons (Fsp3) is 0.0833. The lowest BCUT2D eigenvalue weighted by Crippen LogP contribution is -2.26. The molecule has 2 N–H and O–H groups in total. The highest BCUT2D eigenvalue weighted by Crippen LogP contribution is 2.22. The maximum atomic E-state index is 12.0. The van der Waals surface area contributed by atoms with Crippen molar-refractivity contribution in [1.82, 2.24) is 0 Å². The number of hydrogen-bond donors (Lipinski definition) is 1. The Morgan fingerprint density at radius 3 is 2.69 bits per heavy atom. The second-order valence-corrected chi connectivity index (χ2v) is 3.44. The average Bonchev–Trinajstić information content (AvgIpc) is 2.81. The van der Waals surface area contributed by atoms with E-state index in [2.05, 4.69) is 0 Å². The molecule has 2 rings (SSSR count). The van der Waals surface area contributed by atoms with Gasteiger partial charge in [0.1, 0.15) is 6.26 Å². The van der Waals surface area contributed by atoms with E-state index in [-0.39, 0.29) is 5.91 Å². The van der Waals surface area contributed by atoms with Gasteiger partial charge in [0.25, 0.3) is 5.91 Å². The molecule has 0 fully saturated rings. The van der Waals surface area contributed by atoms with Crippen LogP contribution in [0.5, 0.6) is 0 Å². The number of carbonyl (C=O) groups excluding carboxylic acids is 1. The number of hydrogen-bond acceptors (Lipinski definition) is 3. The largest absolute Gasteiger partial charge is 0.472 e. The Labute approximate surface area is 93.3 Å². The van der Waals surface area contributed by atoms with E-state index < -0.39 is 0 Å². The number of amides is 1. The van der Waals surface area contributed by atoms with E-state index in [1.807, 2.05) is 12.1 Å². The van der Waals surface area contributed by atoms with Crippen LogP contribution in [0.15, 0.2) is 47.3 Å². The predicted octanol–water partition coefficient (Wildman–Crippen LogP) is 2.14. The van der Waals surface area contributed by atoms with Crippen LogP contribution in [0.3, 0.4) is 0 Å². The summed E-state index contributed by atoms with van der Waals surface area (Å²) in [5, 5.41) is 0. The maximum absolute atomic E-state index is 12.0. The maximum Gasteiger partial charge on any atom is 0.261 e. The molecule has 1 heterocycles. The van der Waals surface area contributed by atoms with E-state index in [4.69, 9.17) is 10.2 Å². The Morgan fingerprint density at radius 2 is 2.06 bits per heavy atom. The summed E-state index contributed by atoms with van der Waals surface area (Å²) in [6.07, 6.45) is 2.88. The molecule has 2 aromatic rings. The molecule has 1 aromatic heterocycles. The van der Waals surface area contributed by atoms with E-state index >= 15 is 0 Å². The molecule has 0 spiro atoms. The summed E-state index contributed by atoms with van der Waals surface area (Å²) in [4.78, 5) is 13.5. The molecule has 0 radical (unpaired) electrons. The van der Waals surface area contributed by atoms with Gasteiger partial charge in [-0.05, 0) is 18.2 Å². The first-order valence-corrected chi connectivity index (χ1v) is 4.85. The van der Waals surface area contributed by atoms with Crippen molar-refractivity contribution in [3.05, 3.63) is 48.4 Å². The fourth-order valence-electron chi connectivity index (χ4n) is 1.48. The molecule has 16 heavy (non-hydrogen) atoms. The van der Waals surface area contributed by atoms with E-state index in [1.165, 1.54) is 17.4 Å². The summed E-state index contributed by atoms with van der Waals surface area (Å²) in [7, 11) is 1.68. The molecule has 4 nitrogen and oxygen atoms in total. The van der Waals surface area contributed by atoms with Crippen LogP contribution in [-0.2, 0) is 0 Å². The van der Waals surface area contributed by atoms with Crippen LogP contribution >= 0.6 is 0 Å². The standard InChI is InChI=1S/C12H12N2O2/c1-14(11-5-3-2-4-10(11)13)12(15)9-6-7-16-8-9/h2-8H,13H2,1H3. The smallest absolute Gasteiger partial charge is 0.261 e. The number of furan rings is 1. The summed E-state index contributed by atoms with van der Waals surface area (Å²) >= 11 is 0. The van der Waals surface area contributed by atoms with Crippen molar-refractivity contribution < 1.29 is 9.21 Å². The highest BCUT2D eigenvalue weighted by Gasteiger charge is 2.15. The minimum Gasteiger partial charge on any atom is -0.472 e. The van der Waals surface area contributed by atoms with E-state index in [0.29, 0.717) is 16.9 Å². The lowest BCUT2D eigenvalue weighted by Gasteiger charge is -2.18. The number of nitrogens with zero attached hydrogens (tertiary/aromatic N) is 1. The van der Waals surface area contributed by atoms with Crippen LogP contribution in [-0.4, -0.2) is 13.0 Å². The lowest BCUT2D eigenvalue weighted by molar-refractivity contribution is 0.0992. The number of benzene rings is 1. The molecule has 0 bridgehead atoms. The number of carbonyl (C=O) groups is 1. The molecule has 1 amide bonds. The molecule has 0 aliphatic carbocycles. The molecular formula is C12H12N2O2. The van der Waals surface area contributed by atoms with Crippen molar-refractivity contribution in [2.75, 3.05) is 17.7 Å². The van der Waals surface area contributed by atoms with Gasteiger partial charge in [0, 0.05) is 7.05 Å². The number of para-hydroxylation sites is 2. The van der Waals surface area contributed by atoms with Crippen LogP contribution in [0, 0.1) is 0 Å². The summed E-state index contributed by atoms with van der Waals surface area (Å²) in [6, 6.07) is 8.85. The quantitative estimate of drug-likeness (QED) is 0.782. The molecular weight excluding hydrogens is 204 g/mol. The monoisotopic (exact) mass is 216 g/mol.